The Morgan fingerprint density at radius 1 is 1.33 bits per heavy atom. The van der Waals surface area contributed by atoms with Crippen LogP contribution in [0.2, 0.25) is 0 Å². The molecule has 0 aromatic carbocycles. The Hall–Kier alpha value is -0.450. The van der Waals surface area contributed by atoms with Gasteiger partial charge in [0.25, 0.3) is 0 Å². The molecule has 0 saturated carbocycles. The van der Waals surface area contributed by atoms with Crippen molar-refractivity contribution in [1.82, 2.24) is 0 Å². The molecule has 1 atom stereocenters. The lowest BCUT2D eigenvalue weighted by atomic mass is 10.2. The van der Waals surface area contributed by atoms with Crippen LogP contribution < -0.4 is 0 Å². The molecule has 4 nitrogen and oxygen atoms in total. The largest absolute Gasteiger partial charge is 0.397 e. The fraction of sp³-hybridized carbons (Fsp3) is 0.909. The first-order chi connectivity index (χ1) is 6.99. The van der Waals surface area contributed by atoms with Crippen molar-refractivity contribution >= 4 is 6.29 Å². The van der Waals surface area contributed by atoms with Crippen LogP contribution in [0.5, 0.6) is 0 Å². The average Bonchev–Trinajstić information content (AvgIpc) is 2.16. The molecule has 15 heavy (non-hydrogen) atoms. The van der Waals surface area contributed by atoms with Crippen molar-refractivity contribution in [1.29, 1.82) is 0 Å². The maximum Gasteiger partial charge on any atom is 0.154 e. The number of methoxy groups -OCH3 is 1. The fourth-order valence-corrected chi connectivity index (χ4v) is 0.396. The number of carbonyl (C=O) groups is 1. The van der Waals surface area contributed by atoms with Crippen LogP contribution in [-0.4, -0.2) is 38.0 Å². The summed E-state index contributed by atoms with van der Waals surface area (Å²) in [7, 11) is 1.64. The molecule has 4 heteroatoms. The Balaban J connectivity index is -0.000000200. The molecule has 0 aliphatic carbocycles. The number of hydrogen-bond donors (Lipinski definition) is 1. The summed E-state index contributed by atoms with van der Waals surface area (Å²) in [5.74, 6) is 0.586. The normalized spacial score (nSPS) is 10.7. The lowest BCUT2D eigenvalue weighted by molar-refractivity contribution is -0.117. The van der Waals surface area contributed by atoms with E-state index in [4.69, 9.17) is 19.4 Å². The lowest BCUT2D eigenvalue weighted by Gasteiger charge is -2.11. The van der Waals surface area contributed by atoms with E-state index < -0.39 is 0 Å². The van der Waals surface area contributed by atoms with E-state index in [2.05, 4.69) is 13.8 Å². The number of hydrogen-bond acceptors (Lipinski definition) is 4. The molecule has 1 N–H and O–H groups in total. The molecular weight excluding hydrogens is 196 g/mol. The molecule has 0 aromatic rings. The third-order valence-corrected chi connectivity index (χ3v) is 0.996. The molecule has 0 radical (unpaired) electrons. The smallest absolute Gasteiger partial charge is 0.154 e. The van der Waals surface area contributed by atoms with E-state index >= 15 is 0 Å². The highest BCUT2D eigenvalue weighted by Crippen LogP contribution is 1.96. The Kier molecular flexibility index (Phi) is 25.6. The number of ether oxygens (including phenoxy) is 2. The SMILES string of the molecule is CC=O.CCO.COC(C)OCC(C)C. The molecule has 0 bridgehead atoms. The maximum atomic E-state index is 8.81. The zero-order valence-electron chi connectivity index (χ0n) is 10.8. The van der Waals surface area contributed by atoms with Crippen molar-refractivity contribution in [3.63, 3.8) is 0 Å². The van der Waals surface area contributed by atoms with E-state index in [1.54, 1.807) is 14.0 Å². The van der Waals surface area contributed by atoms with Crippen LogP contribution in [0.3, 0.4) is 0 Å². The Morgan fingerprint density at radius 2 is 1.67 bits per heavy atom. The minimum atomic E-state index is -0.0626. The van der Waals surface area contributed by atoms with E-state index in [0.29, 0.717) is 5.92 Å². The second-order valence-corrected chi connectivity index (χ2v) is 3.08. The summed E-state index contributed by atoms with van der Waals surface area (Å²) in [4.78, 5) is 8.81. The van der Waals surface area contributed by atoms with E-state index in [1.807, 2.05) is 6.92 Å². The summed E-state index contributed by atoms with van der Waals surface area (Å²) >= 11 is 0. The average molecular weight is 222 g/mol. The number of aldehydes is 1. The van der Waals surface area contributed by atoms with Crippen LogP contribution in [0.25, 0.3) is 0 Å². The monoisotopic (exact) mass is 222 g/mol. The summed E-state index contributed by atoms with van der Waals surface area (Å²) in [6.07, 6.45) is 0.687. The highest BCUT2D eigenvalue weighted by Gasteiger charge is 1.99. The van der Waals surface area contributed by atoms with Crippen LogP contribution >= 0.6 is 0 Å². The van der Waals surface area contributed by atoms with E-state index in [1.165, 1.54) is 6.92 Å². The standard InChI is InChI=1S/C7H16O2.C2H6O.C2H4O/c1-6(2)5-9-7(3)8-4;2*1-2-3/h6-7H,5H2,1-4H3;3H,2H2,1H3;2H,1H3. The van der Waals surface area contributed by atoms with Crippen LogP contribution in [0.4, 0.5) is 0 Å². The predicted octanol–water partition coefficient (Wildman–Crippen LogP) is 1.86. The van der Waals surface area contributed by atoms with Crippen molar-refractivity contribution in [3.8, 4) is 0 Å². The maximum absolute atomic E-state index is 8.81. The van der Waals surface area contributed by atoms with Crippen LogP contribution in [0, 0.1) is 5.92 Å². The van der Waals surface area contributed by atoms with Crippen molar-refractivity contribution in [2.45, 2.75) is 40.9 Å². The second-order valence-electron chi connectivity index (χ2n) is 3.08. The molecule has 0 saturated heterocycles. The van der Waals surface area contributed by atoms with E-state index in [0.717, 1.165) is 12.9 Å². The number of rotatable bonds is 4. The summed E-state index contributed by atoms with van der Waals surface area (Å²) in [5, 5.41) is 7.57. The summed E-state index contributed by atoms with van der Waals surface area (Å²) < 4.78 is 10.1. The topological polar surface area (TPSA) is 55.8 Å². The number of carbonyl (C=O) groups excluding carboxylic acids is 1. The van der Waals surface area contributed by atoms with Gasteiger partial charge in [0.15, 0.2) is 6.29 Å². The number of aliphatic hydroxyl groups excluding tert-OH is 1. The molecule has 0 fully saturated rings. The van der Waals surface area contributed by atoms with E-state index in [-0.39, 0.29) is 12.9 Å². The van der Waals surface area contributed by atoms with Gasteiger partial charge in [-0.05, 0) is 26.7 Å². The zero-order chi connectivity index (χ0) is 12.7. The van der Waals surface area contributed by atoms with Gasteiger partial charge in [0.1, 0.15) is 6.29 Å². The van der Waals surface area contributed by atoms with Crippen LogP contribution in [-0.2, 0) is 14.3 Å². The van der Waals surface area contributed by atoms with Crippen LogP contribution in [0.1, 0.15) is 34.6 Å². The molecular formula is C11H26O4. The molecule has 94 valence electrons. The highest BCUT2D eigenvalue weighted by atomic mass is 16.7. The van der Waals surface area contributed by atoms with Crippen LogP contribution in [0.15, 0.2) is 0 Å². The van der Waals surface area contributed by atoms with Crippen molar-refractivity contribution in [3.05, 3.63) is 0 Å². The van der Waals surface area contributed by atoms with Gasteiger partial charge in [-0.2, -0.15) is 0 Å². The quantitative estimate of drug-likeness (QED) is 0.582. The lowest BCUT2D eigenvalue weighted by Crippen LogP contribution is -2.13. The minimum Gasteiger partial charge on any atom is -0.397 e. The second kappa shape index (κ2) is 19.2. The first-order valence-corrected chi connectivity index (χ1v) is 5.15. The molecule has 0 spiro atoms. The van der Waals surface area contributed by atoms with Gasteiger partial charge in [-0.3, -0.25) is 0 Å². The Labute approximate surface area is 93.6 Å². The molecule has 0 aliphatic heterocycles. The summed E-state index contributed by atoms with van der Waals surface area (Å²) in [6, 6.07) is 0. The third kappa shape index (κ3) is 42.1. The molecule has 0 aliphatic rings. The molecule has 0 aromatic heterocycles. The van der Waals surface area contributed by atoms with Gasteiger partial charge in [0.05, 0.1) is 6.61 Å². The number of aliphatic hydroxyl groups is 1. The van der Waals surface area contributed by atoms with Crippen molar-refractivity contribution in [2.75, 3.05) is 20.3 Å². The van der Waals surface area contributed by atoms with Gasteiger partial charge in [-0.1, -0.05) is 13.8 Å². The van der Waals surface area contributed by atoms with Gasteiger partial charge < -0.3 is 19.4 Å². The predicted molar refractivity (Wildman–Crippen MR) is 61.8 cm³/mol. The fourth-order valence-electron chi connectivity index (χ4n) is 0.396. The van der Waals surface area contributed by atoms with Gasteiger partial charge in [0.2, 0.25) is 0 Å². The summed E-state index contributed by atoms with van der Waals surface area (Å²) in [5.41, 5.74) is 0. The molecule has 0 amide bonds. The Morgan fingerprint density at radius 3 is 1.87 bits per heavy atom. The summed E-state index contributed by atoms with van der Waals surface area (Å²) in [6.45, 7) is 10.3. The first kappa shape index (κ1) is 20.0. The minimum absolute atomic E-state index is 0.0626. The molecule has 0 rings (SSSR count). The van der Waals surface area contributed by atoms with Crippen molar-refractivity contribution in [2.24, 2.45) is 5.92 Å². The Bertz CT molecular complexity index is 105. The molecule has 1 unspecified atom stereocenters. The van der Waals surface area contributed by atoms with Gasteiger partial charge in [-0.15, -0.1) is 0 Å². The first-order valence-electron chi connectivity index (χ1n) is 5.15. The van der Waals surface area contributed by atoms with Gasteiger partial charge >= 0.3 is 0 Å². The zero-order valence-corrected chi connectivity index (χ0v) is 10.8. The molecule has 0 heterocycles. The van der Waals surface area contributed by atoms with Gasteiger partial charge in [-0.25, -0.2) is 0 Å². The van der Waals surface area contributed by atoms with Crippen molar-refractivity contribution < 1.29 is 19.4 Å². The third-order valence-electron chi connectivity index (χ3n) is 0.996. The van der Waals surface area contributed by atoms with Gasteiger partial charge in [0, 0.05) is 13.7 Å². The van der Waals surface area contributed by atoms with E-state index in [9.17, 15) is 0 Å². The highest BCUT2D eigenvalue weighted by molar-refractivity contribution is 5.44.